The van der Waals surface area contributed by atoms with Crippen LogP contribution in [0.4, 0.5) is 5.82 Å². The number of aromatic nitrogens is 4. The monoisotopic (exact) mass is 451 g/mol. The minimum Gasteiger partial charge on any atom is -0.358 e. The van der Waals surface area contributed by atoms with Gasteiger partial charge in [-0.1, -0.05) is 59.7 Å². The molecule has 0 fully saturated rings. The summed E-state index contributed by atoms with van der Waals surface area (Å²) in [5.74, 6) is -0.188. The van der Waals surface area contributed by atoms with Gasteiger partial charge >= 0.3 is 5.82 Å². The summed E-state index contributed by atoms with van der Waals surface area (Å²) >= 11 is 3.73. The Kier molecular flexibility index (Phi) is 5.02. The molecule has 0 spiro atoms. The summed E-state index contributed by atoms with van der Waals surface area (Å²) in [4.78, 5) is 10.5. The van der Waals surface area contributed by atoms with E-state index in [1.165, 1.54) is 16.3 Å². The van der Waals surface area contributed by atoms with Gasteiger partial charge in [0.2, 0.25) is 0 Å². The second kappa shape index (κ2) is 7.63. The van der Waals surface area contributed by atoms with Crippen molar-refractivity contribution in [3.8, 4) is 22.5 Å². The molecule has 0 unspecified atom stereocenters. The van der Waals surface area contributed by atoms with E-state index in [1.54, 1.807) is 10.9 Å². The van der Waals surface area contributed by atoms with E-state index < -0.39 is 4.92 Å². The molecule has 29 heavy (non-hydrogen) atoms. The van der Waals surface area contributed by atoms with Crippen LogP contribution in [0.25, 0.3) is 22.5 Å². The smallest absolute Gasteiger partial charge is 0.358 e. The number of nitrogens with zero attached hydrogens (tertiary/aromatic N) is 5. The molecule has 0 aliphatic rings. The van der Waals surface area contributed by atoms with Gasteiger partial charge in [0, 0.05) is 11.1 Å². The lowest BCUT2D eigenvalue weighted by Gasteiger charge is -2.07. The van der Waals surface area contributed by atoms with E-state index in [0.717, 1.165) is 32.6 Å². The van der Waals surface area contributed by atoms with Crippen molar-refractivity contribution >= 4 is 21.7 Å². The summed E-state index contributed by atoms with van der Waals surface area (Å²) < 4.78 is 4.18. The molecule has 0 atom stereocenters. The van der Waals surface area contributed by atoms with Crippen LogP contribution in [0.15, 0.2) is 65.3 Å². The average molecular weight is 452 g/mol. The van der Waals surface area contributed by atoms with Crippen molar-refractivity contribution in [1.82, 2.24) is 19.6 Å². The molecule has 0 saturated heterocycles. The molecule has 4 rings (SSSR count). The Bertz CT molecular complexity index is 1180. The first-order valence-electron chi connectivity index (χ1n) is 9.00. The summed E-state index contributed by atoms with van der Waals surface area (Å²) in [6, 6.07) is 17.7. The lowest BCUT2D eigenvalue weighted by atomic mass is 10.1. The Morgan fingerprint density at radius 2 is 1.52 bits per heavy atom. The number of benzene rings is 2. The van der Waals surface area contributed by atoms with Crippen molar-refractivity contribution in [3.63, 3.8) is 0 Å². The first-order chi connectivity index (χ1) is 13.9. The van der Waals surface area contributed by atoms with Gasteiger partial charge in [0.05, 0.1) is 27.5 Å². The van der Waals surface area contributed by atoms with E-state index >= 15 is 0 Å². The maximum absolute atomic E-state index is 11.0. The lowest BCUT2D eigenvalue weighted by Crippen LogP contribution is -2.11. The van der Waals surface area contributed by atoms with E-state index in [4.69, 9.17) is 5.10 Å². The Morgan fingerprint density at radius 1 is 0.931 bits per heavy atom. The van der Waals surface area contributed by atoms with Crippen LogP contribution in [0.5, 0.6) is 0 Å². The first-order valence-corrected chi connectivity index (χ1v) is 9.80. The molecule has 8 heteroatoms. The van der Waals surface area contributed by atoms with Crippen LogP contribution < -0.4 is 0 Å². The molecular weight excluding hydrogens is 434 g/mol. The number of rotatable bonds is 5. The lowest BCUT2D eigenvalue weighted by molar-refractivity contribution is -0.389. The first kappa shape index (κ1) is 19.1. The third kappa shape index (κ3) is 3.84. The fourth-order valence-corrected chi connectivity index (χ4v) is 3.83. The maximum atomic E-state index is 11.0. The van der Waals surface area contributed by atoms with Crippen molar-refractivity contribution in [2.24, 2.45) is 0 Å². The van der Waals surface area contributed by atoms with Crippen molar-refractivity contribution in [1.29, 1.82) is 0 Å². The molecule has 0 bridgehead atoms. The van der Waals surface area contributed by atoms with Gasteiger partial charge in [-0.3, -0.25) is 0 Å². The minimum absolute atomic E-state index is 0.188. The van der Waals surface area contributed by atoms with Gasteiger partial charge in [-0.2, -0.15) is 9.78 Å². The van der Waals surface area contributed by atoms with Gasteiger partial charge in [-0.15, -0.1) is 0 Å². The highest BCUT2D eigenvalue weighted by molar-refractivity contribution is 9.10. The van der Waals surface area contributed by atoms with Crippen molar-refractivity contribution < 1.29 is 4.92 Å². The molecule has 0 amide bonds. The molecule has 4 aromatic rings. The van der Waals surface area contributed by atoms with E-state index in [-0.39, 0.29) is 12.5 Å². The molecule has 0 aliphatic carbocycles. The van der Waals surface area contributed by atoms with Crippen molar-refractivity contribution in [2.75, 3.05) is 0 Å². The second-order valence-corrected chi connectivity index (χ2v) is 7.65. The maximum Gasteiger partial charge on any atom is 0.389 e. The van der Waals surface area contributed by atoms with Crippen molar-refractivity contribution in [2.45, 2.75) is 20.5 Å². The Labute approximate surface area is 175 Å². The standard InChI is InChI=1S/C21H18BrN5O2/c1-14-3-7-16(8-4-14)20-19(22)21(17-9-5-15(2)6-10-17)26(24-20)13-25-12-11-18(23-25)27(28)29/h3-12H,13H2,1-2H3. The van der Waals surface area contributed by atoms with Crippen LogP contribution in [0.2, 0.25) is 0 Å². The number of halogens is 1. The predicted octanol–water partition coefficient (Wildman–Crippen LogP) is 5.21. The van der Waals surface area contributed by atoms with Gasteiger partial charge < -0.3 is 10.1 Å². The molecular formula is C21H18BrN5O2. The van der Waals surface area contributed by atoms with Gasteiger partial charge in [0.25, 0.3) is 0 Å². The van der Waals surface area contributed by atoms with Gasteiger partial charge in [0.15, 0.2) is 6.67 Å². The van der Waals surface area contributed by atoms with Crippen LogP contribution >= 0.6 is 15.9 Å². The highest BCUT2D eigenvalue weighted by Gasteiger charge is 2.20. The summed E-state index contributed by atoms with van der Waals surface area (Å²) in [5, 5.41) is 19.8. The molecule has 0 saturated carbocycles. The normalized spacial score (nSPS) is 11.0. The third-order valence-electron chi connectivity index (χ3n) is 4.64. The van der Waals surface area contributed by atoms with E-state index in [1.807, 2.05) is 62.4 Å². The fourth-order valence-electron chi connectivity index (χ4n) is 3.09. The highest BCUT2D eigenvalue weighted by atomic mass is 79.9. The minimum atomic E-state index is -0.506. The molecule has 0 aliphatic heterocycles. The molecule has 2 aromatic heterocycles. The summed E-state index contributed by atoms with van der Waals surface area (Å²) in [6.07, 6.45) is 1.58. The largest absolute Gasteiger partial charge is 0.389 e. The highest BCUT2D eigenvalue weighted by Crippen LogP contribution is 2.37. The van der Waals surface area contributed by atoms with Crippen LogP contribution in [0.1, 0.15) is 11.1 Å². The molecule has 2 aromatic carbocycles. The van der Waals surface area contributed by atoms with Crippen molar-refractivity contribution in [3.05, 3.63) is 86.5 Å². The molecule has 7 nitrogen and oxygen atoms in total. The van der Waals surface area contributed by atoms with Crippen LogP contribution in [0, 0.1) is 24.0 Å². The van der Waals surface area contributed by atoms with Gasteiger partial charge in [-0.05, 0) is 34.7 Å². The number of aryl methyl sites for hydroxylation is 2. The summed E-state index contributed by atoms with van der Waals surface area (Å²) in [6.45, 7) is 4.33. The van der Waals surface area contributed by atoms with Gasteiger partial charge in [0.1, 0.15) is 5.69 Å². The van der Waals surface area contributed by atoms with E-state index in [2.05, 4.69) is 21.0 Å². The number of hydrogen-bond donors (Lipinski definition) is 0. The summed E-state index contributed by atoms with van der Waals surface area (Å²) in [7, 11) is 0. The Hall–Kier alpha value is -3.26. The molecule has 146 valence electrons. The zero-order valence-electron chi connectivity index (χ0n) is 15.9. The average Bonchev–Trinajstić information content (AvgIpc) is 3.29. The van der Waals surface area contributed by atoms with Crippen LogP contribution in [-0.2, 0) is 6.67 Å². The molecule has 2 heterocycles. The summed E-state index contributed by atoms with van der Waals surface area (Å²) in [5.41, 5.74) is 6.02. The third-order valence-corrected chi connectivity index (χ3v) is 5.39. The van der Waals surface area contributed by atoms with Gasteiger partial charge in [-0.25, -0.2) is 4.68 Å². The zero-order valence-corrected chi connectivity index (χ0v) is 17.5. The fraction of sp³-hybridized carbons (Fsp3) is 0.143. The topological polar surface area (TPSA) is 78.8 Å². The number of nitro groups is 1. The van der Waals surface area contributed by atoms with Crippen LogP contribution in [-0.4, -0.2) is 24.5 Å². The Morgan fingerprint density at radius 3 is 2.07 bits per heavy atom. The second-order valence-electron chi connectivity index (χ2n) is 6.85. The van der Waals surface area contributed by atoms with E-state index in [9.17, 15) is 10.1 Å². The van der Waals surface area contributed by atoms with Crippen LogP contribution in [0.3, 0.4) is 0 Å². The SMILES string of the molecule is Cc1ccc(-c2nn(Cn3ccc([N+](=O)[O-])n3)c(-c3ccc(C)cc3)c2Br)cc1. The Balaban J connectivity index is 1.83. The zero-order chi connectivity index (χ0) is 20.5. The predicted molar refractivity (Wildman–Crippen MR) is 115 cm³/mol. The quantitative estimate of drug-likeness (QED) is 0.308. The van der Waals surface area contributed by atoms with E-state index in [0.29, 0.717) is 0 Å². The molecule has 0 radical (unpaired) electrons. The molecule has 0 N–H and O–H groups in total. The number of hydrogen-bond acceptors (Lipinski definition) is 4.